The molecular formula is C14H26ClNO. The van der Waals surface area contributed by atoms with Crippen molar-refractivity contribution in [3.63, 3.8) is 0 Å². The number of nitrogens with one attached hydrogen (secondary N) is 1. The van der Waals surface area contributed by atoms with Crippen molar-refractivity contribution in [2.24, 2.45) is 11.8 Å². The van der Waals surface area contributed by atoms with Gasteiger partial charge in [-0.2, -0.15) is 0 Å². The maximum atomic E-state index is 6.04. The fourth-order valence-electron chi connectivity index (χ4n) is 3.18. The highest BCUT2D eigenvalue weighted by Crippen LogP contribution is 2.30. The fraction of sp³-hybridized carbons (Fsp3) is 1.00. The standard InChI is InChI=1S/C14H26ClNO/c15-10-12-4-1-2-5-13(12)11-16-8-7-14-6-3-9-17-14/h12-14,16H,1-11H2. The first-order valence-corrected chi connectivity index (χ1v) is 7.82. The monoisotopic (exact) mass is 259 g/mol. The molecule has 0 radical (unpaired) electrons. The third-order valence-electron chi connectivity index (χ3n) is 4.34. The molecule has 1 aliphatic carbocycles. The molecule has 2 rings (SSSR count). The van der Waals surface area contributed by atoms with E-state index < -0.39 is 0 Å². The largest absolute Gasteiger partial charge is 0.378 e. The molecule has 2 nitrogen and oxygen atoms in total. The van der Waals surface area contributed by atoms with Crippen LogP contribution in [0.1, 0.15) is 44.9 Å². The van der Waals surface area contributed by atoms with Gasteiger partial charge in [-0.05, 0) is 57.0 Å². The van der Waals surface area contributed by atoms with Gasteiger partial charge in [0.05, 0.1) is 6.10 Å². The Hall–Kier alpha value is 0.210. The van der Waals surface area contributed by atoms with Crippen LogP contribution in [0.15, 0.2) is 0 Å². The summed E-state index contributed by atoms with van der Waals surface area (Å²) in [6.07, 6.45) is 9.69. The third-order valence-corrected chi connectivity index (χ3v) is 4.73. The number of halogens is 1. The first kappa shape index (κ1) is 13.6. The molecular weight excluding hydrogens is 234 g/mol. The van der Waals surface area contributed by atoms with Gasteiger partial charge < -0.3 is 10.1 Å². The van der Waals surface area contributed by atoms with Crippen LogP contribution in [-0.4, -0.2) is 31.7 Å². The van der Waals surface area contributed by atoms with Crippen LogP contribution < -0.4 is 5.32 Å². The van der Waals surface area contributed by atoms with Gasteiger partial charge in [-0.1, -0.05) is 12.8 Å². The lowest BCUT2D eigenvalue weighted by atomic mass is 9.80. The van der Waals surface area contributed by atoms with Gasteiger partial charge in [0.1, 0.15) is 0 Å². The van der Waals surface area contributed by atoms with Gasteiger partial charge in [0.15, 0.2) is 0 Å². The second-order valence-electron chi connectivity index (χ2n) is 5.59. The normalized spacial score (nSPS) is 34.1. The van der Waals surface area contributed by atoms with Crippen molar-refractivity contribution in [3.05, 3.63) is 0 Å². The molecule has 0 bridgehead atoms. The van der Waals surface area contributed by atoms with Crippen LogP contribution in [-0.2, 0) is 4.74 Å². The van der Waals surface area contributed by atoms with Gasteiger partial charge in [0.25, 0.3) is 0 Å². The van der Waals surface area contributed by atoms with Crippen molar-refractivity contribution in [3.8, 4) is 0 Å². The summed E-state index contributed by atoms with van der Waals surface area (Å²) in [5.41, 5.74) is 0. The number of hydrogen-bond donors (Lipinski definition) is 1. The second-order valence-corrected chi connectivity index (χ2v) is 5.90. The molecule has 0 spiro atoms. The van der Waals surface area contributed by atoms with Crippen LogP contribution >= 0.6 is 11.6 Å². The molecule has 1 saturated heterocycles. The van der Waals surface area contributed by atoms with Crippen LogP contribution in [0.5, 0.6) is 0 Å². The van der Waals surface area contributed by atoms with E-state index in [-0.39, 0.29) is 0 Å². The molecule has 1 aliphatic heterocycles. The quantitative estimate of drug-likeness (QED) is 0.584. The van der Waals surface area contributed by atoms with Crippen molar-refractivity contribution in [1.29, 1.82) is 0 Å². The molecule has 100 valence electrons. The minimum atomic E-state index is 0.526. The molecule has 3 unspecified atom stereocenters. The topological polar surface area (TPSA) is 21.3 Å². The lowest BCUT2D eigenvalue weighted by molar-refractivity contribution is 0.103. The molecule has 1 heterocycles. The van der Waals surface area contributed by atoms with Crippen LogP contribution in [0.25, 0.3) is 0 Å². The van der Waals surface area contributed by atoms with E-state index in [0.29, 0.717) is 6.10 Å². The summed E-state index contributed by atoms with van der Waals surface area (Å²) >= 11 is 6.04. The summed E-state index contributed by atoms with van der Waals surface area (Å²) in [7, 11) is 0. The van der Waals surface area contributed by atoms with E-state index in [1.54, 1.807) is 0 Å². The van der Waals surface area contributed by atoms with Gasteiger partial charge in [-0.15, -0.1) is 11.6 Å². The van der Waals surface area contributed by atoms with Gasteiger partial charge in [-0.25, -0.2) is 0 Å². The molecule has 1 saturated carbocycles. The maximum absolute atomic E-state index is 6.04. The zero-order chi connectivity index (χ0) is 11.9. The number of hydrogen-bond acceptors (Lipinski definition) is 2. The molecule has 3 atom stereocenters. The molecule has 2 fully saturated rings. The van der Waals surface area contributed by atoms with Crippen molar-refractivity contribution in [2.75, 3.05) is 25.6 Å². The van der Waals surface area contributed by atoms with Crippen molar-refractivity contribution < 1.29 is 4.74 Å². The van der Waals surface area contributed by atoms with E-state index in [2.05, 4.69) is 5.32 Å². The molecule has 0 aromatic rings. The molecule has 0 aromatic heterocycles. The zero-order valence-corrected chi connectivity index (χ0v) is 11.6. The fourth-order valence-corrected chi connectivity index (χ4v) is 3.59. The smallest absolute Gasteiger partial charge is 0.0588 e. The summed E-state index contributed by atoms with van der Waals surface area (Å²) < 4.78 is 5.63. The van der Waals surface area contributed by atoms with E-state index in [1.807, 2.05) is 0 Å². The summed E-state index contributed by atoms with van der Waals surface area (Å²) in [5, 5.41) is 3.61. The van der Waals surface area contributed by atoms with Gasteiger partial charge in [-0.3, -0.25) is 0 Å². The van der Waals surface area contributed by atoms with Gasteiger partial charge in [0, 0.05) is 12.5 Å². The van der Waals surface area contributed by atoms with Crippen molar-refractivity contribution >= 4 is 11.6 Å². The summed E-state index contributed by atoms with van der Waals surface area (Å²) in [6, 6.07) is 0. The number of ether oxygens (including phenoxy) is 1. The summed E-state index contributed by atoms with van der Waals surface area (Å²) in [5.74, 6) is 2.41. The Morgan fingerprint density at radius 2 is 1.88 bits per heavy atom. The van der Waals surface area contributed by atoms with Crippen LogP contribution in [0.4, 0.5) is 0 Å². The molecule has 0 aromatic carbocycles. The molecule has 0 amide bonds. The average Bonchev–Trinajstić information content (AvgIpc) is 2.88. The molecule has 2 aliphatic rings. The average molecular weight is 260 g/mol. The lowest BCUT2D eigenvalue weighted by Gasteiger charge is -2.30. The van der Waals surface area contributed by atoms with E-state index in [0.717, 1.165) is 37.4 Å². The minimum Gasteiger partial charge on any atom is -0.378 e. The van der Waals surface area contributed by atoms with E-state index in [9.17, 15) is 0 Å². The van der Waals surface area contributed by atoms with Crippen molar-refractivity contribution in [2.45, 2.75) is 51.0 Å². The summed E-state index contributed by atoms with van der Waals surface area (Å²) in [6.45, 7) is 3.24. The highest BCUT2D eigenvalue weighted by molar-refractivity contribution is 6.18. The minimum absolute atomic E-state index is 0.526. The van der Waals surface area contributed by atoms with Crippen LogP contribution in [0.3, 0.4) is 0 Å². The Kier molecular flexibility index (Phi) is 6.10. The molecule has 1 N–H and O–H groups in total. The van der Waals surface area contributed by atoms with E-state index in [4.69, 9.17) is 16.3 Å². The predicted molar refractivity (Wildman–Crippen MR) is 72.6 cm³/mol. The Morgan fingerprint density at radius 1 is 1.06 bits per heavy atom. The highest BCUT2D eigenvalue weighted by atomic mass is 35.5. The summed E-state index contributed by atoms with van der Waals surface area (Å²) in [4.78, 5) is 0. The van der Waals surface area contributed by atoms with Crippen LogP contribution in [0.2, 0.25) is 0 Å². The first-order valence-electron chi connectivity index (χ1n) is 7.28. The number of rotatable bonds is 6. The lowest BCUT2D eigenvalue weighted by Crippen LogP contribution is -2.32. The van der Waals surface area contributed by atoms with E-state index >= 15 is 0 Å². The third kappa shape index (κ3) is 4.42. The zero-order valence-electron chi connectivity index (χ0n) is 10.8. The molecule has 3 heteroatoms. The van der Waals surface area contributed by atoms with E-state index in [1.165, 1.54) is 44.9 Å². The predicted octanol–water partition coefficient (Wildman–Crippen LogP) is 3.19. The van der Waals surface area contributed by atoms with Crippen molar-refractivity contribution in [1.82, 2.24) is 5.32 Å². The Balaban J connectivity index is 1.56. The SMILES string of the molecule is ClCC1CCCCC1CNCCC1CCCO1. The Bertz CT molecular complexity index is 206. The Labute approximate surface area is 110 Å². The Morgan fingerprint density at radius 3 is 2.59 bits per heavy atom. The second kappa shape index (κ2) is 7.60. The van der Waals surface area contributed by atoms with Crippen LogP contribution in [0, 0.1) is 11.8 Å². The molecule has 17 heavy (non-hydrogen) atoms. The highest BCUT2D eigenvalue weighted by Gasteiger charge is 2.24. The van der Waals surface area contributed by atoms with Gasteiger partial charge >= 0.3 is 0 Å². The number of alkyl halides is 1. The maximum Gasteiger partial charge on any atom is 0.0588 e. The van der Waals surface area contributed by atoms with Gasteiger partial charge in [0.2, 0.25) is 0 Å². The first-order chi connectivity index (χ1) is 8.40.